The third-order valence-electron chi connectivity index (χ3n) is 5.03. The van der Waals surface area contributed by atoms with Crippen molar-refractivity contribution in [2.75, 3.05) is 0 Å². The van der Waals surface area contributed by atoms with E-state index >= 15 is 0 Å². The summed E-state index contributed by atoms with van der Waals surface area (Å²) in [5.74, 6) is 1.04. The van der Waals surface area contributed by atoms with Crippen molar-refractivity contribution in [2.24, 2.45) is 0 Å². The van der Waals surface area contributed by atoms with Gasteiger partial charge in [0.15, 0.2) is 0 Å². The maximum absolute atomic E-state index is 6.41. The lowest BCUT2D eigenvalue weighted by atomic mass is 9.83. The lowest BCUT2D eigenvalue weighted by Crippen LogP contribution is -2.43. The number of rotatable bonds is 5. The fourth-order valence-corrected chi connectivity index (χ4v) is 3.40. The van der Waals surface area contributed by atoms with Crippen LogP contribution in [0.5, 0.6) is 5.75 Å². The van der Waals surface area contributed by atoms with Crippen LogP contribution in [0.4, 0.5) is 0 Å². The van der Waals surface area contributed by atoms with E-state index in [0.717, 1.165) is 31.6 Å². The first-order valence-corrected chi connectivity index (χ1v) is 8.57. The zero-order chi connectivity index (χ0) is 16.3. The smallest absolute Gasteiger partial charge is 0.124 e. The molecule has 2 heterocycles. The van der Waals surface area contributed by atoms with Crippen molar-refractivity contribution in [2.45, 2.75) is 58.2 Å². The molecule has 1 aromatic heterocycles. The number of fused-ring (bicyclic) bond motifs is 1. The third kappa shape index (κ3) is 3.40. The summed E-state index contributed by atoms with van der Waals surface area (Å²) in [6.45, 7) is 7.44. The lowest BCUT2D eigenvalue weighted by molar-refractivity contribution is 0.0225. The zero-order valence-electron chi connectivity index (χ0n) is 14.3. The van der Waals surface area contributed by atoms with Crippen LogP contribution in [0.2, 0.25) is 0 Å². The Balaban J connectivity index is 1.86. The molecule has 0 saturated heterocycles. The first-order chi connectivity index (χ1) is 11.2. The quantitative estimate of drug-likeness (QED) is 0.879. The van der Waals surface area contributed by atoms with E-state index in [1.807, 2.05) is 12.4 Å². The van der Waals surface area contributed by atoms with Gasteiger partial charge >= 0.3 is 0 Å². The molecule has 1 aliphatic rings. The van der Waals surface area contributed by atoms with Crippen molar-refractivity contribution in [3.63, 3.8) is 0 Å². The average Bonchev–Trinajstić information content (AvgIpc) is 2.60. The first kappa shape index (κ1) is 16.0. The third-order valence-corrected chi connectivity index (χ3v) is 5.03. The molecule has 122 valence electrons. The van der Waals surface area contributed by atoms with Gasteiger partial charge in [0.1, 0.15) is 11.4 Å². The van der Waals surface area contributed by atoms with Crippen molar-refractivity contribution >= 4 is 0 Å². The van der Waals surface area contributed by atoms with Crippen LogP contribution in [0.3, 0.4) is 0 Å². The van der Waals surface area contributed by atoms with Crippen molar-refractivity contribution in [1.29, 1.82) is 0 Å². The molecular formula is C20H26N2O. The Labute approximate surface area is 139 Å². The molecule has 23 heavy (non-hydrogen) atoms. The van der Waals surface area contributed by atoms with Crippen LogP contribution in [0.1, 0.15) is 55.8 Å². The fraction of sp³-hybridized carbons (Fsp3) is 0.450. The number of benzene rings is 1. The van der Waals surface area contributed by atoms with Crippen LogP contribution in [-0.4, -0.2) is 10.6 Å². The van der Waals surface area contributed by atoms with Gasteiger partial charge in [-0.05, 0) is 43.5 Å². The molecule has 0 aliphatic carbocycles. The minimum atomic E-state index is -0.0574. The van der Waals surface area contributed by atoms with Crippen LogP contribution < -0.4 is 10.1 Å². The van der Waals surface area contributed by atoms with Gasteiger partial charge in [-0.3, -0.25) is 4.98 Å². The predicted molar refractivity (Wildman–Crippen MR) is 93.6 cm³/mol. The topological polar surface area (TPSA) is 34.2 Å². The Kier molecular flexibility index (Phi) is 4.67. The van der Waals surface area contributed by atoms with Gasteiger partial charge in [-0.15, -0.1) is 0 Å². The molecule has 2 aromatic rings. The van der Waals surface area contributed by atoms with Gasteiger partial charge in [0.2, 0.25) is 0 Å². The number of aryl methyl sites for hydroxylation is 1. The molecule has 0 saturated carbocycles. The van der Waals surface area contributed by atoms with Crippen LogP contribution in [0.25, 0.3) is 0 Å². The monoisotopic (exact) mass is 310 g/mol. The summed E-state index contributed by atoms with van der Waals surface area (Å²) in [6, 6.07) is 11.0. The molecule has 3 heteroatoms. The number of hydrogen-bond acceptors (Lipinski definition) is 3. The highest BCUT2D eigenvalue weighted by atomic mass is 16.5. The summed E-state index contributed by atoms with van der Waals surface area (Å²) < 4.78 is 6.41. The molecule has 1 aromatic carbocycles. The van der Waals surface area contributed by atoms with Crippen LogP contribution in [0.15, 0.2) is 42.7 Å². The second kappa shape index (κ2) is 6.71. The number of nitrogens with zero attached hydrogens (tertiary/aromatic N) is 1. The molecule has 3 nitrogen and oxygen atoms in total. The molecule has 0 amide bonds. The maximum Gasteiger partial charge on any atom is 0.124 e. The number of ether oxygens (including phenoxy) is 1. The standard InChI is InChI=1S/C20H26N2O/c1-4-20(5-2)13-18(22-14-16-8-10-21-11-9-16)17-12-15(3)6-7-19(17)23-20/h6-12,18,22H,4-5,13-14H2,1-3H3. The largest absolute Gasteiger partial charge is 0.487 e. The summed E-state index contributed by atoms with van der Waals surface area (Å²) in [5, 5.41) is 3.74. The molecule has 0 fully saturated rings. The minimum Gasteiger partial charge on any atom is -0.487 e. The van der Waals surface area contributed by atoms with Crippen LogP contribution in [0, 0.1) is 6.92 Å². The number of hydrogen-bond donors (Lipinski definition) is 1. The number of nitrogens with one attached hydrogen (secondary N) is 1. The van der Waals surface area contributed by atoms with E-state index in [9.17, 15) is 0 Å². The fourth-order valence-electron chi connectivity index (χ4n) is 3.40. The lowest BCUT2D eigenvalue weighted by Gasteiger charge is -2.42. The van der Waals surface area contributed by atoms with Gasteiger partial charge in [0, 0.05) is 37.0 Å². The highest BCUT2D eigenvalue weighted by Gasteiger charge is 2.38. The summed E-state index contributed by atoms with van der Waals surface area (Å²) in [6.07, 6.45) is 6.78. The second-order valence-corrected chi connectivity index (χ2v) is 6.53. The zero-order valence-corrected chi connectivity index (χ0v) is 14.3. The molecule has 0 radical (unpaired) electrons. The van der Waals surface area contributed by atoms with Gasteiger partial charge in [0.05, 0.1) is 0 Å². The summed E-state index contributed by atoms with van der Waals surface area (Å²) in [7, 11) is 0. The SMILES string of the molecule is CCC1(CC)CC(NCc2ccncc2)c2cc(C)ccc2O1. The average molecular weight is 310 g/mol. The van der Waals surface area contributed by atoms with Crippen LogP contribution in [-0.2, 0) is 6.54 Å². The highest BCUT2D eigenvalue weighted by Crippen LogP contribution is 2.43. The Morgan fingerprint density at radius 2 is 1.91 bits per heavy atom. The molecule has 3 rings (SSSR count). The van der Waals surface area contributed by atoms with E-state index in [-0.39, 0.29) is 5.60 Å². The second-order valence-electron chi connectivity index (χ2n) is 6.53. The summed E-state index contributed by atoms with van der Waals surface area (Å²) in [5.41, 5.74) is 3.78. The van der Waals surface area contributed by atoms with E-state index in [0.29, 0.717) is 6.04 Å². The number of aromatic nitrogens is 1. The minimum absolute atomic E-state index is 0.0574. The maximum atomic E-state index is 6.41. The molecular weight excluding hydrogens is 284 g/mol. The Hall–Kier alpha value is -1.87. The molecule has 0 bridgehead atoms. The molecule has 1 unspecified atom stereocenters. The van der Waals surface area contributed by atoms with E-state index in [1.165, 1.54) is 16.7 Å². The Morgan fingerprint density at radius 3 is 2.61 bits per heavy atom. The van der Waals surface area contributed by atoms with Crippen LogP contribution >= 0.6 is 0 Å². The summed E-state index contributed by atoms with van der Waals surface area (Å²) >= 11 is 0. The predicted octanol–water partition coefficient (Wildman–Crippen LogP) is 4.56. The normalized spacial score (nSPS) is 19.0. The molecule has 1 N–H and O–H groups in total. The van der Waals surface area contributed by atoms with Gasteiger partial charge in [-0.2, -0.15) is 0 Å². The molecule has 0 spiro atoms. The van der Waals surface area contributed by atoms with Gasteiger partial charge in [-0.25, -0.2) is 0 Å². The Bertz CT molecular complexity index is 650. The van der Waals surface area contributed by atoms with Crippen molar-refractivity contribution in [1.82, 2.24) is 10.3 Å². The first-order valence-electron chi connectivity index (χ1n) is 8.57. The van der Waals surface area contributed by atoms with Crippen molar-refractivity contribution in [3.8, 4) is 5.75 Å². The van der Waals surface area contributed by atoms with E-state index in [4.69, 9.17) is 4.74 Å². The highest BCUT2D eigenvalue weighted by molar-refractivity contribution is 5.41. The molecule has 1 aliphatic heterocycles. The Morgan fingerprint density at radius 1 is 1.17 bits per heavy atom. The van der Waals surface area contributed by atoms with Gasteiger partial charge < -0.3 is 10.1 Å². The van der Waals surface area contributed by atoms with Gasteiger partial charge in [-0.1, -0.05) is 31.5 Å². The van der Waals surface area contributed by atoms with E-state index in [2.05, 4.69) is 61.4 Å². The summed E-state index contributed by atoms with van der Waals surface area (Å²) in [4.78, 5) is 4.09. The van der Waals surface area contributed by atoms with Gasteiger partial charge in [0.25, 0.3) is 0 Å². The molecule has 1 atom stereocenters. The van der Waals surface area contributed by atoms with Crippen molar-refractivity contribution in [3.05, 3.63) is 59.4 Å². The van der Waals surface area contributed by atoms with E-state index in [1.54, 1.807) is 0 Å². The number of pyridine rings is 1. The van der Waals surface area contributed by atoms with E-state index < -0.39 is 0 Å². The van der Waals surface area contributed by atoms with Crippen molar-refractivity contribution < 1.29 is 4.74 Å².